The summed E-state index contributed by atoms with van der Waals surface area (Å²) < 4.78 is 5.36. The summed E-state index contributed by atoms with van der Waals surface area (Å²) >= 11 is 0. The highest BCUT2D eigenvalue weighted by Gasteiger charge is 2.22. The minimum absolute atomic E-state index is 0.0898. The largest absolute Gasteiger partial charge is 0.381 e. The Kier molecular flexibility index (Phi) is 13.7. The van der Waals surface area contributed by atoms with Crippen molar-refractivity contribution < 1.29 is 33.9 Å². The maximum atomic E-state index is 12.4. The van der Waals surface area contributed by atoms with E-state index in [1.807, 2.05) is 24.3 Å². The molecule has 0 aromatic heterocycles. The molecule has 0 aliphatic carbocycles. The van der Waals surface area contributed by atoms with E-state index in [9.17, 15) is 9.59 Å². The third kappa shape index (κ3) is 11.0. The molecule has 0 fully saturated rings. The first-order valence-corrected chi connectivity index (χ1v) is 12.3. The van der Waals surface area contributed by atoms with Crippen molar-refractivity contribution in [2.45, 2.75) is 65.2 Å². The van der Waals surface area contributed by atoms with Gasteiger partial charge in [0.25, 0.3) is 0 Å². The van der Waals surface area contributed by atoms with Gasteiger partial charge in [0.05, 0.1) is 17.7 Å². The smallest absolute Gasteiger partial charge is 0.373 e. The second-order valence-corrected chi connectivity index (χ2v) is 8.10. The van der Waals surface area contributed by atoms with E-state index in [4.69, 9.17) is 24.3 Å². The van der Waals surface area contributed by atoms with Crippen molar-refractivity contribution in [1.82, 2.24) is 0 Å². The van der Waals surface area contributed by atoms with Gasteiger partial charge in [-0.25, -0.2) is 9.59 Å². The standard InChI is InChI=1S/C28H36O7/c1-4-7-9-22-11-15-24(16-12-22)27(29)34-32-26(19-21-31-20-6-3)33-35-28(30)25-17-13-23(14-18-25)10-8-5-2/h11-18H,3-10,19-21H2,1-2H3. The van der Waals surface area contributed by atoms with Gasteiger partial charge in [-0.1, -0.05) is 57.9 Å². The molecule has 0 saturated carbocycles. The van der Waals surface area contributed by atoms with Crippen molar-refractivity contribution in [3.8, 4) is 0 Å². The van der Waals surface area contributed by atoms with Crippen LogP contribution in [0.5, 0.6) is 0 Å². The van der Waals surface area contributed by atoms with Gasteiger partial charge in [0.2, 0.25) is 0 Å². The Bertz CT molecular complexity index is 794. The van der Waals surface area contributed by atoms with Crippen molar-refractivity contribution >= 4 is 11.9 Å². The Morgan fingerprint density at radius 1 is 0.686 bits per heavy atom. The molecule has 0 unspecified atom stereocenters. The van der Waals surface area contributed by atoms with Crippen LogP contribution in [-0.2, 0) is 37.1 Å². The van der Waals surface area contributed by atoms with Crippen molar-refractivity contribution in [2.75, 3.05) is 13.2 Å². The highest BCUT2D eigenvalue weighted by Crippen LogP contribution is 2.17. The Labute approximate surface area is 208 Å². The van der Waals surface area contributed by atoms with E-state index < -0.39 is 11.9 Å². The number of unbranched alkanes of at least 4 members (excludes halogenated alkanes) is 2. The van der Waals surface area contributed by atoms with Crippen molar-refractivity contribution in [3.63, 3.8) is 0 Å². The van der Waals surface area contributed by atoms with Crippen LogP contribution in [0.15, 0.2) is 48.5 Å². The molecule has 0 aliphatic rings. The first-order valence-electron chi connectivity index (χ1n) is 12.3. The molecule has 2 aromatic carbocycles. The predicted molar refractivity (Wildman–Crippen MR) is 132 cm³/mol. The lowest BCUT2D eigenvalue weighted by Crippen LogP contribution is -2.17. The summed E-state index contributed by atoms with van der Waals surface area (Å²) in [6, 6.07) is 14.3. The number of hydrogen-bond donors (Lipinski definition) is 0. The van der Waals surface area contributed by atoms with Gasteiger partial charge in [0, 0.05) is 13.0 Å². The van der Waals surface area contributed by atoms with Gasteiger partial charge in [-0.05, 0) is 67.5 Å². The van der Waals surface area contributed by atoms with Gasteiger partial charge in [0.15, 0.2) is 0 Å². The van der Waals surface area contributed by atoms with Crippen LogP contribution >= 0.6 is 0 Å². The lowest BCUT2D eigenvalue weighted by Gasteiger charge is -2.14. The molecule has 2 radical (unpaired) electrons. The zero-order valence-electron chi connectivity index (χ0n) is 20.8. The molecule has 0 aliphatic heterocycles. The third-order valence-electron chi connectivity index (χ3n) is 5.18. The summed E-state index contributed by atoms with van der Waals surface area (Å²) in [5, 5.41) is 0. The zero-order chi connectivity index (χ0) is 25.3. The molecule has 35 heavy (non-hydrogen) atoms. The average molecular weight is 485 g/mol. The third-order valence-corrected chi connectivity index (χ3v) is 5.18. The molecular formula is C28H36O7. The van der Waals surface area contributed by atoms with Gasteiger partial charge in [-0.2, -0.15) is 0 Å². The van der Waals surface area contributed by atoms with E-state index in [0.717, 1.165) is 49.7 Å². The Hall–Kier alpha value is -2.74. The molecule has 0 heterocycles. The molecule has 0 bridgehead atoms. The molecule has 0 saturated heterocycles. The van der Waals surface area contributed by atoms with Crippen LogP contribution < -0.4 is 0 Å². The summed E-state index contributed by atoms with van der Waals surface area (Å²) in [6.07, 6.45) is 6.75. The van der Waals surface area contributed by atoms with Crippen LogP contribution in [0.1, 0.15) is 84.2 Å². The molecule has 0 N–H and O–H groups in total. The quantitative estimate of drug-likeness (QED) is 0.147. The summed E-state index contributed by atoms with van der Waals surface area (Å²) in [5.41, 5.74) is 2.96. The van der Waals surface area contributed by atoms with Gasteiger partial charge in [-0.3, -0.25) is 9.78 Å². The first-order chi connectivity index (χ1) is 17.1. The number of rotatable bonds is 17. The number of hydrogen-bond acceptors (Lipinski definition) is 7. The van der Waals surface area contributed by atoms with Crippen LogP contribution in [0.3, 0.4) is 0 Å². The second-order valence-electron chi connectivity index (χ2n) is 8.10. The second kappa shape index (κ2) is 16.8. The number of aryl methyl sites for hydroxylation is 2. The molecule has 2 aromatic rings. The van der Waals surface area contributed by atoms with Crippen molar-refractivity contribution in [3.05, 3.63) is 84.0 Å². The molecule has 2 rings (SSSR count). The average Bonchev–Trinajstić information content (AvgIpc) is 2.90. The minimum atomic E-state index is -0.694. The van der Waals surface area contributed by atoms with Crippen LogP contribution in [0.2, 0.25) is 0 Å². The topological polar surface area (TPSA) is 80.3 Å². The van der Waals surface area contributed by atoms with Crippen molar-refractivity contribution in [2.24, 2.45) is 0 Å². The van der Waals surface area contributed by atoms with Gasteiger partial charge in [-0.15, -0.1) is 9.78 Å². The lowest BCUT2D eigenvalue weighted by molar-refractivity contribution is -0.364. The molecule has 0 amide bonds. The van der Waals surface area contributed by atoms with Gasteiger partial charge < -0.3 is 4.74 Å². The van der Waals surface area contributed by atoms with E-state index in [2.05, 4.69) is 20.8 Å². The lowest BCUT2D eigenvalue weighted by atomic mass is 10.1. The Morgan fingerprint density at radius 3 is 1.54 bits per heavy atom. The van der Waals surface area contributed by atoms with Gasteiger partial charge >= 0.3 is 18.2 Å². The predicted octanol–water partition coefficient (Wildman–Crippen LogP) is 6.37. The van der Waals surface area contributed by atoms with Crippen LogP contribution in [0.25, 0.3) is 0 Å². The maximum absolute atomic E-state index is 12.4. The Morgan fingerprint density at radius 2 is 1.14 bits per heavy atom. The number of benzene rings is 2. The molecule has 0 spiro atoms. The SMILES string of the molecule is [CH2]CCOCC[C](OOC(=O)c1ccc(CCCC)cc1)OOC(=O)c1ccc(CCCC)cc1. The highest BCUT2D eigenvalue weighted by molar-refractivity contribution is 5.89. The summed E-state index contributed by atoms with van der Waals surface area (Å²) in [4.78, 5) is 44.6. The minimum Gasteiger partial charge on any atom is -0.381 e. The number of carbonyl (C=O) groups excluding carboxylic acids is 2. The first kappa shape index (κ1) is 28.5. The van der Waals surface area contributed by atoms with Crippen LogP contribution in [0, 0.1) is 13.2 Å². The molecule has 0 atom stereocenters. The zero-order valence-corrected chi connectivity index (χ0v) is 20.8. The fraction of sp³-hybridized carbons (Fsp3) is 0.429. The summed E-state index contributed by atoms with van der Waals surface area (Å²) in [6.45, 7) is 8.61. The van der Waals surface area contributed by atoms with Crippen LogP contribution in [-0.4, -0.2) is 25.2 Å². The molecule has 7 nitrogen and oxygen atoms in total. The van der Waals surface area contributed by atoms with E-state index in [0.29, 0.717) is 24.2 Å². The molecule has 7 heteroatoms. The van der Waals surface area contributed by atoms with E-state index >= 15 is 0 Å². The molecular weight excluding hydrogens is 448 g/mol. The number of ether oxygens (including phenoxy) is 1. The number of carbonyl (C=O) groups is 2. The normalized spacial score (nSPS) is 11.0. The summed E-state index contributed by atoms with van der Waals surface area (Å²) in [5.74, 6) is -1.39. The van der Waals surface area contributed by atoms with Gasteiger partial charge in [0.1, 0.15) is 0 Å². The summed E-state index contributed by atoms with van der Waals surface area (Å²) in [7, 11) is 0. The van der Waals surface area contributed by atoms with E-state index in [1.54, 1.807) is 24.3 Å². The van der Waals surface area contributed by atoms with E-state index in [-0.39, 0.29) is 19.3 Å². The molecule has 190 valence electrons. The monoisotopic (exact) mass is 484 g/mol. The fourth-order valence-corrected chi connectivity index (χ4v) is 3.10. The van der Waals surface area contributed by atoms with Crippen molar-refractivity contribution in [1.29, 1.82) is 0 Å². The van der Waals surface area contributed by atoms with E-state index in [1.165, 1.54) is 0 Å². The maximum Gasteiger partial charge on any atom is 0.373 e. The fourth-order valence-electron chi connectivity index (χ4n) is 3.10. The van der Waals surface area contributed by atoms with Crippen LogP contribution in [0.4, 0.5) is 0 Å². The highest BCUT2D eigenvalue weighted by atomic mass is 17.3. The Balaban J connectivity index is 1.88.